The highest BCUT2D eigenvalue weighted by Gasteiger charge is 2.06. The van der Waals surface area contributed by atoms with Crippen molar-refractivity contribution in [1.29, 1.82) is 0 Å². The van der Waals surface area contributed by atoms with Gasteiger partial charge in [-0.15, -0.1) is 11.8 Å². The van der Waals surface area contributed by atoms with Crippen LogP contribution >= 0.6 is 23.4 Å². The number of carbonyl (C=O) groups is 1. The van der Waals surface area contributed by atoms with Gasteiger partial charge < -0.3 is 10.1 Å². The predicted molar refractivity (Wildman–Crippen MR) is 110 cm³/mol. The van der Waals surface area contributed by atoms with Gasteiger partial charge >= 0.3 is 0 Å². The molecule has 0 unspecified atom stereocenters. The molecule has 27 heavy (non-hydrogen) atoms. The molecule has 0 fully saturated rings. The Morgan fingerprint density at radius 3 is 2.78 bits per heavy atom. The molecule has 0 aliphatic carbocycles. The van der Waals surface area contributed by atoms with Gasteiger partial charge in [-0.05, 0) is 29.1 Å². The van der Waals surface area contributed by atoms with Crippen molar-refractivity contribution in [2.45, 2.75) is 5.75 Å². The smallest absolute Gasteiger partial charge is 0.230 e. The van der Waals surface area contributed by atoms with Crippen molar-refractivity contribution in [3.63, 3.8) is 0 Å². The van der Waals surface area contributed by atoms with Gasteiger partial charge in [0.2, 0.25) is 5.91 Å². The van der Waals surface area contributed by atoms with E-state index < -0.39 is 0 Å². The van der Waals surface area contributed by atoms with E-state index in [2.05, 4.69) is 5.32 Å². The van der Waals surface area contributed by atoms with Crippen LogP contribution in [0.5, 0.6) is 5.75 Å². The number of amides is 1. The number of nitrogens with one attached hydrogen (secondary N) is 1. The fourth-order valence-corrected chi connectivity index (χ4v) is 3.62. The summed E-state index contributed by atoms with van der Waals surface area (Å²) in [4.78, 5) is 11.9. The van der Waals surface area contributed by atoms with Gasteiger partial charge in [-0.1, -0.05) is 54.1 Å². The molecule has 0 saturated carbocycles. The average molecular weight is 404 g/mol. The van der Waals surface area contributed by atoms with E-state index in [0.717, 1.165) is 16.5 Å². The Balaban J connectivity index is 1.38. The van der Waals surface area contributed by atoms with E-state index >= 15 is 0 Å². The van der Waals surface area contributed by atoms with Crippen LogP contribution in [0.4, 0.5) is 4.39 Å². The van der Waals surface area contributed by atoms with Gasteiger partial charge in [0.15, 0.2) is 0 Å². The molecular weight excluding hydrogens is 385 g/mol. The van der Waals surface area contributed by atoms with Gasteiger partial charge in [0, 0.05) is 16.2 Å². The highest BCUT2D eigenvalue weighted by atomic mass is 35.5. The van der Waals surface area contributed by atoms with E-state index in [1.54, 1.807) is 12.1 Å². The molecule has 0 radical (unpaired) electrons. The normalized spacial score (nSPS) is 10.7. The number of ether oxygens (including phenoxy) is 1. The number of fused-ring (bicyclic) bond motifs is 1. The fourth-order valence-electron chi connectivity index (χ4n) is 2.62. The molecule has 0 saturated heterocycles. The molecule has 0 heterocycles. The van der Waals surface area contributed by atoms with E-state index in [-0.39, 0.29) is 17.5 Å². The highest BCUT2D eigenvalue weighted by molar-refractivity contribution is 7.99. The second-order valence-electron chi connectivity index (χ2n) is 5.90. The molecule has 0 bridgehead atoms. The van der Waals surface area contributed by atoms with E-state index in [9.17, 15) is 9.18 Å². The Morgan fingerprint density at radius 2 is 1.93 bits per heavy atom. The SMILES string of the molecule is O=C(CSCc1ccc(Cl)cc1F)NCCOc1cccc2ccccc12. The quantitative estimate of drug-likeness (QED) is 0.534. The maximum Gasteiger partial charge on any atom is 0.230 e. The summed E-state index contributed by atoms with van der Waals surface area (Å²) in [6, 6.07) is 18.5. The third kappa shape index (κ3) is 5.62. The molecule has 3 rings (SSSR count). The molecule has 1 N–H and O–H groups in total. The number of hydrogen-bond donors (Lipinski definition) is 1. The average Bonchev–Trinajstić information content (AvgIpc) is 2.67. The van der Waals surface area contributed by atoms with Gasteiger partial charge in [0.25, 0.3) is 0 Å². The minimum absolute atomic E-state index is 0.101. The monoisotopic (exact) mass is 403 g/mol. The summed E-state index contributed by atoms with van der Waals surface area (Å²) in [5.74, 6) is 1.03. The third-order valence-corrected chi connectivity index (χ3v) is 5.15. The molecule has 140 valence electrons. The van der Waals surface area contributed by atoms with Gasteiger partial charge in [0.1, 0.15) is 18.2 Å². The second-order valence-corrected chi connectivity index (χ2v) is 7.33. The van der Waals surface area contributed by atoms with Crippen LogP contribution in [-0.4, -0.2) is 24.8 Å². The van der Waals surface area contributed by atoms with E-state index in [1.807, 2.05) is 42.5 Å². The number of halogens is 2. The first-order valence-corrected chi connectivity index (χ1v) is 10.1. The lowest BCUT2D eigenvalue weighted by molar-refractivity contribution is -0.118. The first-order chi connectivity index (χ1) is 13.1. The Morgan fingerprint density at radius 1 is 1.11 bits per heavy atom. The summed E-state index contributed by atoms with van der Waals surface area (Å²) in [5.41, 5.74) is 0.538. The molecular formula is C21H19ClFNO2S. The van der Waals surface area contributed by atoms with Crippen molar-refractivity contribution in [1.82, 2.24) is 5.32 Å². The molecule has 0 aliphatic rings. The van der Waals surface area contributed by atoms with Crippen molar-refractivity contribution in [2.24, 2.45) is 0 Å². The first-order valence-electron chi connectivity index (χ1n) is 8.52. The van der Waals surface area contributed by atoms with Crippen LogP contribution in [0.3, 0.4) is 0 Å². The molecule has 3 aromatic rings. The van der Waals surface area contributed by atoms with Crippen LogP contribution in [0.1, 0.15) is 5.56 Å². The Hall–Kier alpha value is -2.24. The summed E-state index contributed by atoms with van der Waals surface area (Å²) in [5, 5.41) is 5.34. The fraction of sp³-hybridized carbons (Fsp3) is 0.190. The lowest BCUT2D eigenvalue weighted by Crippen LogP contribution is -2.29. The summed E-state index contributed by atoms with van der Waals surface area (Å²) < 4.78 is 19.5. The maximum atomic E-state index is 13.7. The zero-order chi connectivity index (χ0) is 19.1. The minimum Gasteiger partial charge on any atom is -0.491 e. The van der Waals surface area contributed by atoms with Crippen LogP contribution < -0.4 is 10.1 Å². The van der Waals surface area contributed by atoms with Gasteiger partial charge in [-0.3, -0.25) is 4.79 Å². The van der Waals surface area contributed by atoms with Crippen LogP contribution in [0.25, 0.3) is 10.8 Å². The summed E-state index contributed by atoms with van der Waals surface area (Å²) in [7, 11) is 0. The summed E-state index contributed by atoms with van der Waals surface area (Å²) >= 11 is 7.08. The molecule has 6 heteroatoms. The lowest BCUT2D eigenvalue weighted by atomic mass is 10.1. The highest BCUT2D eigenvalue weighted by Crippen LogP contribution is 2.25. The zero-order valence-corrected chi connectivity index (χ0v) is 16.2. The predicted octanol–water partition coefficient (Wildman–Crippen LogP) is 5.06. The Kier molecular flexibility index (Phi) is 6.96. The van der Waals surface area contributed by atoms with E-state index in [0.29, 0.717) is 29.5 Å². The molecule has 0 aromatic heterocycles. The standard InChI is InChI=1S/C21H19ClFNO2S/c22-17-9-8-16(19(23)12-17)13-27-14-21(25)24-10-11-26-20-7-3-5-15-4-1-2-6-18(15)20/h1-9,12H,10-11,13-14H2,(H,24,25). The van der Waals surface area contributed by atoms with Gasteiger partial charge in [-0.25, -0.2) is 4.39 Å². The van der Waals surface area contributed by atoms with Crippen molar-refractivity contribution < 1.29 is 13.9 Å². The number of thioether (sulfide) groups is 1. The van der Waals surface area contributed by atoms with Crippen molar-refractivity contribution in [3.05, 3.63) is 77.1 Å². The number of carbonyl (C=O) groups excluding carboxylic acids is 1. The molecule has 0 atom stereocenters. The van der Waals surface area contributed by atoms with Crippen molar-refractivity contribution >= 4 is 40.0 Å². The first kappa shape index (κ1) is 19.5. The third-order valence-electron chi connectivity index (χ3n) is 3.94. The molecule has 0 aliphatic heterocycles. The van der Waals surface area contributed by atoms with Gasteiger partial charge in [-0.2, -0.15) is 0 Å². The molecule has 3 nitrogen and oxygen atoms in total. The Labute approximate surface area is 166 Å². The molecule has 0 spiro atoms. The topological polar surface area (TPSA) is 38.3 Å². The lowest BCUT2D eigenvalue weighted by Gasteiger charge is -2.10. The largest absolute Gasteiger partial charge is 0.491 e. The van der Waals surface area contributed by atoms with Crippen LogP contribution in [0, 0.1) is 5.82 Å². The minimum atomic E-state index is -0.348. The number of benzene rings is 3. The van der Waals surface area contributed by atoms with Crippen molar-refractivity contribution in [3.8, 4) is 5.75 Å². The van der Waals surface area contributed by atoms with Crippen LogP contribution in [-0.2, 0) is 10.5 Å². The summed E-state index contributed by atoms with van der Waals surface area (Å²) in [6.45, 7) is 0.800. The van der Waals surface area contributed by atoms with Crippen LogP contribution in [0.2, 0.25) is 5.02 Å². The number of rotatable bonds is 8. The van der Waals surface area contributed by atoms with E-state index in [4.69, 9.17) is 16.3 Å². The maximum absolute atomic E-state index is 13.7. The van der Waals surface area contributed by atoms with E-state index in [1.165, 1.54) is 17.8 Å². The second kappa shape index (κ2) is 9.62. The zero-order valence-electron chi connectivity index (χ0n) is 14.6. The van der Waals surface area contributed by atoms with Crippen LogP contribution in [0.15, 0.2) is 60.7 Å². The summed E-state index contributed by atoms with van der Waals surface area (Å²) in [6.07, 6.45) is 0. The molecule has 1 amide bonds. The molecule has 3 aromatic carbocycles. The van der Waals surface area contributed by atoms with Crippen molar-refractivity contribution in [2.75, 3.05) is 18.9 Å². The van der Waals surface area contributed by atoms with Gasteiger partial charge in [0.05, 0.1) is 12.3 Å². The Bertz CT molecular complexity index is 930. The number of hydrogen-bond acceptors (Lipinski definition) is 3.